The molecular formula is C29H40N4O5. The van der Waals surface area contributed by atoms with Crippen molar-refractivity contribution in [3.05, 3.63) is 52.6 Å². The lowest BCUT2D eigenvalue weighted by molar-refractivity contribution is -0.127. The number of primary amides is 1. The van der Waals surface area contributed by atoms with Crippen molar-refractivity contribution in [2.45, 2.75) is 72.6 Å². The molecule has 0 spiro atoms. The number of nitrogens with zero attached hydrogens (tertiary/aromatic N) is 2. The Bertz CT molecular complexity index is 1220. The van der Waals surface area contributed by atoms with Gasteiger partial charge in [0.1, 0.15) is 18.5 Å². The molecule has 9 nitrogen and oxygen atoms in total. The summed E-state index contributed by atoms with van der Waals surface area (Å²) in [6.45, 7) is 12.1. The van der Waals surface area contributed by atoms with Gasteiger partial charge in [0.05, 0.1) is 6.10 Å². The van der Waals surface area contributed by atoms with Gasteiger partial charge in [0.2, 0.25) is 11.7 Å². The van der Waals surface area contributed by atoms with Crippen molar-refractivity contribution in [3.63, 3.8) is 0 Å². The number of aromatic nitrogens is 2. The molecule has 1 amide bonds. The first-order valence-corrected chi connectivity index (χ1v) is 13.2. The summed E-state index contributed by atoms with van der Waals surface area (Å²) < 4.78 is 11.5. The van der Waals surface area contributed by atoms with Crippen LogP contribution in [0.4, 0.5) is 0 Å². The third-order valence-corrected chi connectivity index (χ3v) is 6.25. The van der Waals surface area contributed by atoms with E-state index in [9.17, 15) is 15.0 Å². The average Bonchev–Trinajstić information content (AvgIpc) is 3.37. The summed E-state index contributed by atoms with van der Waals surface area (Å²) in [6, 6.07) is 10.2. The Balaban J connectivity index is 1.80. The van der Waals surface area contributed by atoms with Gasteiger partial charge < -0.3 is 30.5 Å². The second kappa shape index (κ2) is 13.5. The highest BCUT2D eigenvalue weighted by molar-refractivity contribution is 5.78. The van der Waals surface area contributed by atoms with Crippen molar-refractivity contribution >= 4 is 5.91 Å². The number of aliphatic hydroxyl groups excluding tert-OH is 2. The third kappa shape index (κ3) is 7.86. The molecule has 206 valence electrons. The Labute approximate surface area is 224 Å². The molecule has 2 aromatic carbocycles. The highest BCUT2D eigenvalue weighted by Crippen LogP contribution is 2.32. The van der Waals surface area contributed by atoms with Gasteiger partial charge in [-0.3, -0.25) is 4.79 Å². The minimum Gasteiger partial charge on any atom is -0.490 e. The lowest BCUT2D eigenvalue weighted by Gasteiger charge is -2.18. The monoisotopic (exact) mass is 524 g/mol. The van der Waals surface area contributed by atoms with E-state index in [0.717, 1.165) is 41.8 Å². The smallest absolute Gasteiger partial charge is 0.258 e. The maximum Gasteiger partial charge on any atom is 0.258 e. The first kappa shape index (κ1) is 29.3. The van der Waals surface area contributed by atoms with Crippen LogP contribution in [0, 0.1) is 12.8 Å². The van der Waals surface area contributed by atoms with E-state index in [1.165, 1.54) is 11.1 Å². The molecule has 1 heterocycles. The minimum atomic E-state index is -1.42. The van der Waals surface area contributed by atoms with Crippen LogP contribution in [-0.4, -0.2) is 51.6 Å². The van der Waals surface area contributed by atoms with E-state index in [1.54, 1.807) is 0 Å². The van der Waals surface area contributed by atoms with E-state index in [2.05, 4.69) is 49.4 Å². The number of hydrogen-bond donors (Lipinski definition) is 4. The molecule has 1 aromatic heterocycles. The van der Waals surface area contributed by atoms with E-state index in [4.69, 9.17) is 20.0 Å². The number of aryl methyl sites for hydroxylation is 3. The fourth-order valence-corrected chi connectivity index (χ4v) is 4.22. The van der Waals surface area contributed by atoms with Crippen molar-refractivity contribution in [2.24, 2.45) is 11.7 Å². The molecule has 0 aliphatic rings. The van der Waals surface area contributed by atoms with Crippen LogP contribution in [0.5, 0.6) is 5.75 Å². The molecule has 3 rings (SSSR count). The molecule has 0 fully saturated rings. The number of carbonyl (C=O) groups excluding carboxylic acids is 1. The Hall–Kier alpha value is -3.27. The van der Waals surface area contributed by atoms with Crippen molar-refractivity contribution in [3.8, 4) is 28.6 Å². The third-order valence-electron chi connectivity index (χ3n) is 6.25. The lowest BCUT2D eigenvalue weighted by atomic mass is 10.0. The van der Waals surface area contributed by atoms with Gasteiger partial charge in [-0.15, -0.1) is 0 Å². The standard InChI is InChI=1S/C29H40N4O5/c1-6-19-9-20(15-31-14-17(3)4)11-23(10-19)29-32-28(33-38-29)22-8-18(5)26(21(7-2)12-22)37-16-24(34)13-25(35)27(30)36/h8-12,17,24-25,31,34-35H,6-7,13-16H2,1-5H3,(H2,30,36)/t24-,25?/m0/s1. The summed E-state index contributed by atoms with van der Waals surface area (Å²) in [7, 11) is 0. The van der Waals surface area contributed by atoms with Crippen molar-refractivity contribution in [1.82, 2.24) is 15.5 Å². The number of carbonyl (C=O) groups is 1. The zero-order chi connectivity index (χ0) is 27.8. The molecule has 38 heavy (non-hydrogen) atoms. The van der Waals surface area contributed by atoms with Gasteiger partial charge in [-0.1, -0.05) is 38.9 Å². The van der Waals surface area contributed by atoms with Gasteiger partial charge in [-0.25, -0.2) is 0 Å². The molecule has 0 aliphatic carbocycles. The number of nitrogens with two attached hydrogens (primary N) is 1. The maximum absolute atomic E-state index is 11.0. The number of aliphatic hydroxyl groups is 2. The summed E-state index contributed by atoms with van der Waals surface area (Å²) in [5.74, 6) is 1.29. The van der Waals surface area contributed by atoms with Gasteiger partial charge in [0, 0.05) is 24.1 Å². The first-order valence-electron chi connectivity index (χ1n) is 13.2. The Morgan fingerprint density at radius 3 is 2.47 bits per heavy atom. The van der Waals surface area contributed by atoms with Crippen LogP contribution in [0.3, 0.4) is 0 Å². The number of ether oxygens (including phenoxy) is 1. The van der Waals surface area contributed by atoms with Gasteiger partial charge in [-0.2, -0.15) is 4.98 Å². The highest BCUT2D eigenvalue weighted by atomic mass is 16.5. The van der Waals surface area contributed by atoms with Gasteiger partial charge in [0.15, 0.2) is 0 Å². The molecule has 0 radical (unpaired) electrons. The fraction of sp³-hybridized carbons (Fsp3) is 0.483. The largest absolute Gasteiger partial charge is 0.490 e. The number of hydrogen-bond acceptors (Lipinski definition) is 8. The quantitative estimate of drug-likeness (QED) is 0.251. The lowest BCUT2D eigenvalue weighted by Crippen LogP contribution is -2.33. The van der Waals surface area contributed by atoms with Crippen LogP contribution in [-0.2, 0) is 24.2 Å². The minimum absolute atomic E-state index is 0.0774. The zero-order valence-electron chi connectivity index (χ0n) is 23.0. The molecule has 0 saturated heterocycles. The van der Waals surface area contributed by atoms with E-state index in [-0.39, 0.29) is 13.0 Å². The van der Waals surface area contributed by atoms with Crippen LogP contribution >= 0.6 is 0 Å². The molecule has 0 saturated carbocycles. The normalized spacial score (nSPS) is 13.1. The number of rotatable bonds is 14. The SMILES string of the molecule is CCc1cc(CNCC(C)C)cc(-c2nc(-c3cc(C)c(OC[C@@H](O)CC(O)C(N)=O)c(CC)c3)no2)c1. The molecule has 1 unspecified atom stereocenters. The first-order chi connectivity index (χ1) is 18.1. The maximum atomic E-state index is 11.0. The fourth-order valence-electron chi connectivity index (χ4n) is 4.22. The van der Waals surface area contributed by atoms with Crippen LogP contribution < -0.4 is 15.8 Å². The van der Waals surface area contributed by atoms with E-state index >= 15 is 0 Å². The summed E-state index contributed by atoms with van der Waals surface area (Å²) in [4.78, 5) is 15.7. The highest BCUT2D eigenvalue weighted by Gasteiger charge is 2.19. The van der Waals surface area contributed by atoms with Crippen LogP contribution in [0.2, 0.25) is 0 Å². The topological polar surface area (TPSA) is 144 Å². The Morgan fingerprint density at radius 2 is 1.82 bits per heavy atom. The number of benzene rings is 2. The predicted octanol–water partition coefficient (Wildman–Crippen LogP) is 3.56. The molecule has 5 N–H and O–H groups in total. The Morgan fingerprint density at radius 1 is 1.08 bits per heavy atom. The number of nitrogens with one attached hydrogen (secondary N) is 1. The van der Waals surface area contributed by atoms with E-state index in [0.29, 0.717) is 29.8 Å². The molecule has 3 aromatic rings. The molecule has 9 heteroatoms. The predicted molar refractivity (Wildman–Crippen MR) is 147 cm³/mol. The summed E-state index contributed by atoms with van der Waals surface area (Å²) in [5.41, 5.74) is 10.9. The number of amides is 1. The molecule has 0 aliphatic heterocycles. The summed E-state index contributed by atoms with van der Waals surface area (Å²) in [6.07, 6.45) is -1.05. The van der Waals surface area contributed by atoms with Crippen molar-refractivity contribution < 1.29 is 24.3 Å². The van der Waals surface area contributed by atoms with Crippen LogP contribution in [0.25, 0.3) is 22.8 Å². The van der Waals surface area contributed by atoms with Gasteiger partial charge >= 0.3 is 0 Å². The molecule has 2 atom stereocenters. The zero-order valence-corrected chi connectivity index (χ0v) is 23.0. The van der Waals surface area contributed by atoms with Gasteiger partial charge in [0.25, 0.3) is 5.89 Å². The van der Waals surface area contributed by atoms with Crippen molar-refractivity contribution in [2.75, 3.05) is 13.2 Å². The Kier molecular flexibility index (Phi) is 10.4. The summed E-state index contributed by atoms with van der Waals surface area (Å²) >= 11 is 0. The van der Waals surface area contributed by atoms with E-state index in [1.807, 2.05) is 26.0 Å². The van der Waals surface area contributed by atoms with Crippen LogP contribution in [0.15, 0.2) is 34.9 Å². The second-order valence-electron chi connectivity index (χ2n) is 10.1. The van der Waals surface area contributed by atoms with Crippen LogP contribution in [0.1, 0.15) is 56.4 Å². The molecule has 0 bridgehead atoms. The van der Waals surface area contributed by atoms with Crippen molar-refractivity contribution in [1.29, 1.82) is 0 Å². The second-order valence-corrected chi connectivity index (χ2v) is 10.1. The average molecular weight is 525 g/mol. The summed E-state index contributed by atoms with van der Waals surface area (Å²) in [5, 5.41) is 27.4. The molecular weight excluding hydrogens is 484 g/mol. The van der Waals surface area contributed by atoms with E-state index < -0.39 is 18.1 Å². The van der Waals surface area contributed by atoms with Gasteiger partial charge in [-0.05, 0) is 78.7 Å².